The lowest BCUT2D eigenvalue weighted by Gasteiger charge is -2.33. The second kappa shape index (κ2) is 39.3. The number of allylic oxidation sites excluding steroid dienone is 2. The fourth-order valence-electron chi connectivity index (χ4n) is 15.0. The Bertz CT molecular complexity index is 4210. The average Bonchev–Trinajstić information content (AvgIpc) is 1.57. The molecule has 1 atom stereocenters. The van der Waals surface area contributed by atoms with Crippen LogP contribution in [0.4, 0.5) is 34.1 Å². The lowest BCUT2D eigenvalue weighted by Crippen LogP contribution is -2.43. The van der Waals surface area contributed by atoms with Gasteiger partial charge in [0.1, 0.15) is 0 Å². The van der Waals surface area contributed by atoms with Gasteiger partial charge >= 0.3 is 14.2 Å². The molecule has 2 aliphatic carbocycles. The van der Waals surface area contributed by atoms with Crippen molar-refractivity contribution in [2.24, 2.45) is 0 Å². The Morgan fingerprint density at radius 2 is 0.716 bits per heavy atom. The summed E-state index contributed by atoms with van der Waals surface area (Å²) < 4.78 is 32.9. The van der Waals surface area contributed by atoms with Gasteiger partial charge in [0.05, 0.1) is 22.4 Å². The average molecular weight is 1850 g/mol. The van der Waals surface area contributed by atoms with E-state index in [9.17, 15) is 0 Å². The first-order valence-electron chi connectivity index (χ1n) is 39.7. The molecule has 0 saturated carbocycles. The van der Waals surface area contributed by atoms with E-state index in [1.165, 1.54) is 131 Å². The van der Waals surface area contributed by atoms with Gasteiger partial charge in [0.2, 0.25) is 0 Å². The Kier molecular flexibility index (Phi) is 31.1. The van der Waals surface area contributed by atoms with Crippen LogP contribution in [0.15, 0.2) is 240 Å². The molecule has 0 amide bonds. The van der Waals surface area contributed by atoms with Gasteiger partial charge in [-0.15, -0.1) is 13.2 Å². The summed E-state index contributed by atoms with van der Waals surface area (Å²) in [5, 5.41) is 0. The number of aryl methyl sites for hydroxylation is 4. The second-order valence-electron chi connectivity index (χ2n) is 31.8. The summed E-state index contributed by atoms with van der Waals surface area (Å²) in [5.74, 6) is 0.586. The quantitative estimate of drug-likeness (QED) is 0.0277. The minimum absolute atomic E-state index is 0.0875. The number of benzene rings is 9. The van der Waals surface area contributed by atoms with Gasteiger partial charge in [-0.05, 0) is 351 Å². The third-order valence-electron chi connectivity index (χ3n) is 23.1. The summed E-state index contributed by atoms with van der Waals surface area (Å²) >= 11 is 21.5. The molecule has 2 fully saturated rings. The zero-order chi connectivity index (χ0) is 78.3. The molecule has 0 radical (unpaired) electrons. The van der Waals surface area contributed by atoms with Crippen LogP contribution in [0.3, 0.4) is 0 Å². The Balaban J connectivity index is 0.000000157. The van der Waals surface area contributed by atoms with Gasteiger partial charge in [0.25, 0.3) is 0 Å². The first-order chi connectivity index (χ1) is 52.1. The van der Waals surface area contributed by atoms with Gasteiger partial charge in [-0.1, -0.05) is 216 Å². The van der Waals surface area contributed by atoms with E-state index >= 15 is 0 Å². The van der Waals surface area contributed by atoms with Gasteiger partial charge in [-0.3, -0.25) is 0 Å². The van der Waals surface area contributed by atoms with Gasteiger partial charge in [0, 0.05) is 66.4 Å². The van der Waals surface area contributed by atoms with E-state index in [-0.39, 0.29) is 42.1 Å². The highest BCUT2D eigenvalue weighted by Crippen LogP contribution is 2.55. The summed E-state index contributed by atoms with van der Waals surface area (Å²) in [6.45, 7) is 34.0. The molecule has 2 saturated heterocycles. The van der Waals surface area contributed by atoms with E-state index in [4.69, 9.17) is 18.6 Å². The number of hydrogen-bond acceptors (Lipinski definition) is 6. The second-order valence-corrected chi connectivity index (χ2v) is 37.3. The van der Waals surface area contributed by atoms with Crippen LogP contribution in [-0.4, -0.2) is 36.6 Å². The molecule has 1 unspecified atom stereocenters. The van der Waals surface area contributed by atoms with Crippen LogP contribution in [0.2, 0.25) is 0 Å². The lowest BCUT2D eigenvalue weighted by molar-refractivity contribution is 0.00578. The summed E-state index contributed by atoms with van der Waals surface area (Å²) in [4.78, 5) is 4.58. The first-order valence-corrected chi connectivity index (χ1v) is 44.4. The van der Waals surface area contributed by atoms with Crippen LogP contribution in [0.1, 0.15) is 224 Å². The molecule has 109 heavy (non-hydrogen) atoms. The molecular weight excluding hydrogens is 1730 g/mol. The van der Waals surface area contributed by atoms with Gasteiger partial charge in [-0.25, -0.2) is 0 Å². The normalized spacial score (nSPS) is 15.8. The number of hydrogen-bond donors (Lipinski definition) is 0. The van der Waals surface area contributed by atoms with Gasteiger partial charge in [-0.2, -0.15) is 0 Å². The van der Waals surface area contributed by atoms with Crippen molar-refractivity contribution in [3.8, 4) is 11.1 Å². The highest BCUT2D eigenvalue weighted by atomic mass is 79.9. The van der Waals surface area contributed by atoms with Crippen molar-refractivity contribution >= 4 is 155 Å². The standard InChI is InChI=1S/C30H52B2O4.C23H24Br2.C22H21Br2N.C20H15Br2N/c1-11-13-15-17-19-23-21-26(32-35-29(7,8)30(9,10)36-32)24(20-18-16-14-12-2)22-25(23)31-33-27(3,4)28(5,6)34-31;1-3-5-7-13-23(14-8-6-4-2)21-15-17(24)9-11-19(21)20-12-10-18(25)16-22(20)23;1-3-16(2)17-4-10-20(11-5-17)25(21-12-6-18(23)7-13-21)22-14-8-19(24)9-15-22;21-16-4-9-18(10-5-16)23(19-11-6-17(22)7-12-19)20-8-3-14-1-2-15(14)13-20/h21-22H,11-20H2,1-10H3;3-4,9-12,15-16H,1-2,5-8,13-14H2;4-16H,3H2,1-2H3;3-13H,1-2H2. The Morgan fingerprint density at radius 3 is 1.04 bits per heavy atom. The molecular formula is C95H112B2Br6N2O4. The third kappa shape index (κ3) is 21.5. The Labute approximate surface area is 705 Å². The number of rotatable bonds is 28. The van der Waals surface area contributed by atoms with Crippen LogP contribution in [0.25, 0.3) is 11.1 Å². The number of nitrogens with zero attached hydrogens (tertiary/aromatic N) is 2. The van der Waals surface area contributed by atoms with E-state index < -0.39 is 0 Å². The van der Waals surface area contributed by atoms with Crippen LogP contribution < -0.4 is 20.7 Å². The summed E-state index contributed by atoms with van der Waals surface area (Å²) in [6.07, 6.45) is 26.3. The fourth-order valence-corrected chi connectivity index (χ4v) is 16.8. The minimum Gasteiger partial charge on any atom is -0.399 e. The van der Waals surface area contributed by atoms with Crippen LogP contribution in [0.5, 0.6) is 0 Å². The molecule has 9 aromatic carbocycles. The molecule has 574 valence electrons. The largest absolute Gasteiger partial charge is 0.495 e. The molecule has 2 heterocycles. The first kappa shape index (κ1) is 86.3. The predicted octanol–water partition coefficient (Wildman–Crippen LogP) is 29.7. The van der Waals surface area contributed by atoms with Gasteiger partial charge < -0.3 is 28.4 Å². The molecule has 6 nitrogen and oxygen atoms in total. The van der Waals surface area contributed by atoms with Crippen molar-refractivity contribution in [3.63, 3.8) is 0 Å². The molecule has 2 aliphatic heterocycles. The maximum Gasteiger partial charge on any atom is 0.495 e. The van der Waals surface area contributed by atoms with Crippen molar-refractivity contribution in [2.45, 2.75) is 239 Å². The Hall–Kier alpha value is -5.09. The van der Waals surface area contributed by atoms with E-state index in [1.807, 2.05) is 12.2 Å². The number of unbranched alkanes of at least 4 members (excludes halogenated alkanes) is 8. The zero-order valence-corrected chi connectivity index (χ0v) is 75.9. The molecule has 0 aromatic heterocycles. The Morgan fingerprint density at radius 1 is 0.385 bits per heavy atom. The monoisotopic (exact) mass is 1840 g/mol. The minimum atomic E-state index is -0.358. The van der Waals surface area contributed by atoms with E-state index in [2.05, 4.69) is 390 Å². The van der Waals surface area contributed by atoms with Crippen molar-refractivity contribution in [1.29, 1.82) is 0 Å². The molecule has 0 bridgehead atoms. The van der Waals surface area contributed by atoms with Crippen molar-refractivity contribution in [3.05, 3.63) is 279 Å². The topological polar surface area (TPSA) is 43.4 Å². The molecule has 14 heteroatoms. The van der Waals surface area contributed by atoms with Crippen LogP contribution in [0, 0.1) is 0 Å². The lowest BCUT2D eigenvalue weighted by atomic mass is 9.67. The SMILES string of the molecule is Brc1ccc(N(c2ccc(Br)cc2)c2ccc3c(c2)CC3)cc1.C=CCCCC1(CCCC=C)c2cc(Br)ccc2-c2ccc(Br)cc21.CCC(C)c1ccc(N(c2ccc(Br)cc2)c2ccc(Br)cc2)cc1.CCCCCCc1cc(B2OC(C)(C)C(C)(C)O2)c(CCCCCC)cc1B1OC(C)(C)C(C)(C)O1. The molecule has 9 aromatic rings. The van der Waals surface area contributed by atoms with Crippen molar-refractivity contribution < 1.29 is 18.6 Å². The number of fused-ring (bicyclic) bond motifs is 4. The highest BCUT2D eigenvalue weighted by Gasteiger charge is 2.55. The number of halogens is 6. The summed E-state index contributed by atoms with van der Waals surface area (Å²) in [5.41, 5.74) is 20.7. The smallest absolute Gasteiger partial charge is 0.399 e. The molecule has 0 spiro atoms. The van der Waals surface area contributed by atoms with Crippen molar-refractivity contribution in [2.75, 3.05) is 9.80 Å². The van der Waals surface area contributed by atoms with Crippen molar-refractivity contribution in [1.82, 2.24) is 0 Å². The maximum atomic E-state index is 6.56. The maximum absolute atomic E-state index is 6.56. The van der Waals surface area contributed by atoms with Crippen LogP contribution in [-0.2, 0) is 49.7 Å². The van der Waals surface area contributed by atoms with E-state index in [0.717, 1.165) is 113 Å². The highest BCUT2D eigenvalue weighted by molar-refractivity contribution is 9.11. The number of anilines is 6. The van der Waals surface area contributed by atoms with Crippen LogP contribution >= 0.6 is 95.6 Å². The van der Waals surface area contributed by atoms with E-state index in [1.54, 1.807) is 0 Å². The molecule has 4 aliphatic rings. The predicted molar refractivity (Wildman–Crippen MR) is 489 cm³/mol. The van der Waals surface area contributed by atoms with Gasteiger partial charge in [0.15, 0.2) is 0 Å². The third-order valence-corrected chi connectivity index (χ3v) is 26.2. The summed E-state index contributed by atoms with van der Waals surface area (Å²) in [6, 6.07) is 67.8. The fraction of sp³-hybridized carbons (Fsp3) is 0.389. The summed E-state index contributed by atoms with van der Waals surface area (Å²) in [7, 11) is -0.698. The van der Waals surface area contributed by atoms with E-state index in [0.29, 0.717) is 5.92 Å². The molecule has 0 N–H and O–H groups in total. The zero-order valence-electron chi connectivity index (χ0n) is 66.4. The molecule has 13 rings (SSSR count).